The standard InChI is InChI=1S/C18H25NO4/c1-5-14(4)16-8-6-15(7-9-16)12-23-18(21)19-10-11-22-17(20)13(2)3/h6-9,14H,2,5,10-12H2,1,3-4H3,(H,19,21). The first-order valence-electron chi connectivity index (χ1n) is 7.76. The molecule has 0 heterocycles. The molecule has 0 saturated heterocycles. The maximum absolute atomic E-state index is 11.5. The summed E-state index contributed by atoms with van der Waals surface area (Å²) >= 11 is 0. The van der Waals surface area contributed by atoms with Gasteiger partial charge in [0.1, 0.15) is 13.2 Å². The van der Waals surface area contributed by atoms with Crippen LogP contribution < -0.4 is 5.32 Å². The number of alkyl carbamates (subject to hydrolysis) is 1. The van der Waals surface area contributed by atoms with Crippen LogP contribution in [0.5, 0.6) is 0 Å². The molecular formula is C18H25NO4. The van der Waals surface area contributed by atoms with E-state index in [4.69, 9.17) is 9.47 Å². The highest BCUT2D eigenvalue weighted by Crippen LogP contribution is 2.18. The van der Waals surface area contributed by atoms with E-state index in [0.29, 0.717) is 11.5 Å². The number of hydrogen-bond donors (Lipinski definition) is 1. The lowest BCUT2D eigenvalue weighted by Gasteiger charge is -2.10. The zero-order valence-corrected chi connectivity index (χ0v) is 14.1. The van der Waals surface area contributed by atoms with Gasteiger partial charge in [-0.1, -0.05) is 44.7 Å². The van der Waals surface area contributed by atoms with E-state index in [9.17, 15) is 9.59 Å². The smallest absolute Gasteiger partial charge is 0.407 e. The molecule has 23 heavy (non-hydrogen) atoms. The molecule has 1 aromatic rings. The van der Waals surface area contributed by atoms with Crippen LogP contribution in [0, 0.1) is 0 Å². The Kier molecular flexibility index (Phi) is 7.88. The quantitative estimate of drug-likeness (QED) is 0.452. The van der Waals surface area contributed by atoms with E-state index in [2.05, 4.69) is 37.9 Å². The van der Waals surface area contributed by atoms with Crippen LogP contribution >= 0.6 is 0 Å². The molecule has 0 aliphatic carbocycles. The van der Waals surface area contributed by atoms with Gasteiger partial charge in [0.05, 0.1) is 6.54 Å². The van der Waals surface area contributed by atoms with E-state index in [1.165, 1.54) is 5.56 Å². The average molecular weight is 319 g/mol. The van der Waals surface area contributed by atoms with Gasteiger partial charge in [-0.15, -0.1) is 0 Å². The predicted octanol–water partition coefficient (Wildman–Crippen LogP) is 3.55. The fourth-order valence-electron chi connectivity index (χ4n) is 1.80. The van der Waals surface area contributed by atoms with Crippen LogP contribution in [0.25, 0.3) is 0 Å². The van der Waals surface area contributed by atoms with Crippen LogP contribution in [0.1, 0.15) is 44.2 Å². The minimum Gasteiger partial charge on any atom is -0.460 e. The normalized spacial score (nSPS) is 11.4. The first kappa shape index (κ1) is 18.7. The first-order chi connectivity index (χ1) is 10.9. The number of nitrogens with one attached hydrogen (secondary N) is 1. The van der Waals surface area contributed by atoms with E-state index in [1.54, 1.807) is 6.92 Å². The van der Waals surface area contributed by atoms with Gasteiger partial charge in [-0.05, 0) is 30.4 Å². The molecule has 0 bridgehead atoms. The van der Waals surface area contributed by atoms with Gasteiger partial charge in [-0.25, -0.2) is 9.59 Å². The number of amides is 1. The van der Waals surface area contributed by atoms with Crippen molar-refractivity contribution in [3.05, 3.63) is 47.5 Å². The van der Waals surface area contributed by atoms with Crippen LogP contribution in [-0.4, -0.2) is 25.2 Å². The summed E-state index contributed by atoms with van der Waals surface area (Å²) in [6.45, 7) is 9.86. The maximum atomic E-state index is 11.5. The molecule has 5 heteroatoms. The van der Waals surface area contributed by atoms with Crippen molar-refractivity contribution in [3.63, 3.8) is 0 Å². The van der Waals surface area contributed by atoms with Crippen molar-refractivity contribution >= 4 is 12.1 Å². The lowest BCUT2D eigenvalue weighted by molar-refractivity contribution is -0.138. The summed E-state index contributed by atoms with van der Waals surface area (Å²) in [6.07, 6.45) is 0.552. The van der Waals surface area contributed by atoms with Gasteiger partial charge < -0.3 is 14.8 Å². The zero-order valence-electron chi connectivity index (χ0n) is 14.1. The van der Waals surface area contributed by atoms with Crippen LogP contribution in [0.3, 0.4) is 0 Å². The molecule has 126 valence electrons. The highest BCUT2D eigenvalue weighted by molar-refractivity contribution is 5.86. The minimum absolute atomic E-state index is 0.0877. The van der Waals surface area contributed by atoms with Gasteiger partial charge in [-0.2, -0.15) is 0 Å². The second-order valence-electron chi connectivity index (χ2n) is 5.47. The molecule has 0 saturated carbocycles. The summed E-state index contributed by atoms with van der Waals surface area (Å²) in [7, 11) is 0. The molecule has 1 unspecified atom stereocenters. The highest BCUT2D eigenvalue weighted by atomic mass is 16.6. The molecule has 1 atom stereocenters. The molecule has 0 aliphatic rings. The van der Waals surface area contributed by atoms with Gasteiger partial charge in [0.2, 0.25) is 0 Å². The molecule has 5 nitrogen and oxygen atoms in total. The summed E-state index contributed by atoms with van der Waals surface area (Å²) in [5.74, 6) is 0.0525. The van der Waals surface area contributed by atoms with Crippen molar-refractivity contribution in [2.75, 3.05) is 13.2 Å². The van der Waals surface area contributed by atoms with Crippen molar-refractivity contribution in [2.24, 2.45) is 0 Å². The van der Waals surface area contributed by atoms with Gasteiger partial charge in [0.25, 0.3) is 0 Å². The molecule has 1 N–H and O–H groups in total. The summed E-state index contributed by atoms with van der Waals surface area (Å²) in [5.41, 5.74) is 2.54. The van der Waals surface area contributed by atoms with Gasteiger partial charge in [0, 0.05) is 5.57 Å². The second-order valence-corrected chi connectivity index (χ2v) is 5.47. The predicted molar refractivity (Wildman–Crippen MR) is 89.1 cm³/mol. The number of hydrogen-bond acceptors (Lipinski definition) is 4. The highest BCUT2D eigenvalue weighted by Gasteiger charge is 2.06. The van der Waals surface area contributed by atoms with E-state index in [0.717, 1.165) is 12.0 Å². The second kappa shape index (κ2) is 9.66. The minimum atomic E-state index is -0.539. The third-order valence-electron chi connectivity index (χ3n) is 3.48. The summed E-state index contributed by atoms with van der Waals surface area (Å²) in [4.78, 5) is 22.7. The maximum Gasteiger partial charge on any atom is 0.407 e. The molecule has 0 fully saturated rings. The number of rotatable bonds is 8. The first-order valence-corrected chi connectivity index (χ1v) is 7.76. The molecule has 1 aromatic carbocycles. The Labute approximate surface area is 137 Å². The van der Waals surface area contributed by atoms with Gasteiger partial charge >= 0.3 is 12.1 Å². The molecule has 1 amide bonds. The van der Waals surface area contributed by atoms with Crippen molar-refractivity contribution in [2.45, 2.75) is 39.7 Å². The van der Waals surface area contributed by atoms with Crippen molar-refractivity contribution in [1.29, 1.82) is 0 Å². The van der Waals surface area contributed by atoms with E-state index in [1.807, 2.05) is 12.1 Å². The molecular weight excluding hydrogens is 294 g/mol. The Morgan fingerprint density at radius 1 is 1.22 bits per heavy atom. The fourth-order valence-corrected chi connectivity index (χ4v) is 1.80. The topological polar surface area (TPSA) is 64.6 Å². The summed E-state index contributed by atoms with van der Waals surface area (Å²) in [5, 5.41) is 2.52. The van der Waals surface area contributed by atoms with E-state index < -0.39 is 12.1 Å². The third-order valence-corrected chi connectivity index (χ3v) is 3.48. The van der Waals surface area contributed by atoms with Crippen molar-refractivity contribution < 1.29 is 19.1 Å². The lowest BCUT2D eigenvalue weighted by atomic mass is 9.98. The van der Waals surface area contributed by atoms with E-state index >= 15 is 0 Å². The van der Waals surface area contributed by atoms with Crippen LogP contribution in [0.15, 0.2) is 36.4 Å². The number of benzene rings is 1. The van der Waals surface area contributed by atoms with Crippen LogP contribution in [0.4, 0.5) is 4.79 Å². The SMILES string of the molecule is C=C(C)C(=O)OCCNC(=O)OCc1ccc(C(C)CC)cc1. The Hall–Kier alpha value is -2.30. The van der Waals surface area contributed by atoms with Crippen LogP contribution in [-0.2, 0) is 20.9 Å². The zero-order chi connectivity index (χ0) is 17.2. The van der Waals surface area contributed by atoms with E-state index in [-0.39, 0.29) is 19.8 Å². The lowest BCUT2D eigenvalue weighted by Crippen LogP contribution is -2.28. The molecule has 1 rings (SSSR count). The molecule has 0 aromatic heterocycles. The number of ether oxygens (including phenoxy) is 2. The summed E-state index contributed by atoms with van der Waals surface area (Å²) in [6, 6.07) is 8.04. The van der Waals surface area contributed by atoms with Crippen molar-refractivity contribution in [3.8, 4) is 0 Å². The van der Waals surface area contributed by atoms with Crippen molar-refractivity contribution in [1.82, 2.24) is 5.32 Å². The molecule has 0 radical (unpaired) electrons. The fraction of sp³-hybridized carbons (Fsp3) is 0.444. The largest absolute Gasteiger partial charge is 0.460 e. The van der Waals surface area contributed by atoms with Gasteiger partial charge in [-0.3, -0.25) is 0 Å². The van der Waals surface area contributed by atoms with Crippen LogP contribution in [0.2, 0.25) is 0 Å². The Bertz CT molecular complexity index is 536. The third kappa shape index (κ3) is 7.00. The Morgan fingerprint density at radius 3 is 2.43 bits per heavy atom. The van der Waals surface area contributed by atoms with Gasteiger partial charge in [0.15, 0.2) is 0 Å². The Balaban J connectivity index is 2.25. The number of carbonyl (C=O) groups is 2. The molecule has 0 aliphatic heterocycles. The Morgan fingerprint density at radius 2 is 1.87 bits per heavy atom. The average Bonchev–Trinajstić information content (AvgIpc) is 2.56. The summed E-state index contributed by atoms with van der Waals surface area (Å²) < 4.78 is 9.96. The molecule has 0 spiro atoms. The number of carbonyl (C=O) groups excluding carboxylic acids is 2. The monoisotopic (exact) mass is 319 g/mol. The number of esters is 1.